The summed E-state index contributed by atoms with van der Waals surface area (Å²) in [7, 11) is 2.84. The molecular formula is C57H62N10O12. The Balaban J connectivity index is 1.08. The highest BCUT2D eigenvalue weighted by Crippen LogP contribution is 2.20. The summed E-state index contributed by atoms with van der Waals surface area (Å²) in [6.45, 7) is 0.384. The Kier molecular flexibility index (Phi) is 18.5. The van der Waals surface area contributed by atoms with Gasteiger partial charge in [-0.1, -0.05) is 72.8 Å². The molecule has 0 radical (unpaired) electrons. The maximum absolute atomic E-state index is 14.5. The Morgan fingerprint density at radius 1 is 0.456 bits per heavy atom. The number of carbonyl (C=O) groups is 6. The predicted molar refractivity (Wildman–Crippen MR) is 290 cm³/mol. The van der Waals surface area contributed by atoms with Crippen LogP contribution in [0.25, 0.3) is 0 Å². The van der Waals surface area contributed by atoms with Gasteiger partial charge >= 0.3 is 0 Å². The molecule has 0 spiro atoms. The van der Waals surface area contributed by atoms with Crippen LogP contribution in [0.3, 0.4) is 0 Å². The first-order chi connectivity index (χ1) is 38.2. The van der Waals surface area contributed by atoms with Gasteiger partial charge in [0.1, 0.15) is 47.1 Å². The number of rotatable bonds is 8. The van der Waals surface area contributed by atoms with Crippen LogP contribution in [-0.2, 0) is 27.3 Å². The van der Waals surface area contributed by atoms with Gasteiger partial charge in [-0.25, -0.2) is 0 Å². The van der Waals surface area contributed by atoms with Gasteiger partial charge in [0, 0.05) is 77.6 Å². The second-order valence-corrected chi connectivity index (χ2v) is 19.2. The molecule has 1 aliphatic carbocycles. The molecule has 7 heterocycles. The Hall–Kier alpha value is -9.34. The number of pyridine rings is 4. The van der Waals surface area contributed by atoms with Crippen LogP contribution < -0.4 is 53.2 Å². The Bertz CT molecular complexity index is 3460. The van der Waals surface area contributed by atoms with Crippen molar-refractivity contribution in [2.45, 2.75) is 70.2 Å². The smallest absolute Gasteiger partial charge is 0.296 e. The lowest BCUT2D eigenvalue weighted by atomic mass is 10.1. The molecule has 22 nitrogen and oxygen atoms in total. The highest BCUT2D eigenvalue weighted by atomic mass is 16.7. The summed E-state index contributed by atoms with van der Waals surface area (Å²) in [6, 6.07) is 30.4. The number of hydrogen-bond acceptors (Lipinski definition) is 12. The summed E-state index contributed by atoms with van der Waals surface area (Å²) >= 11 is 0. The molecule has 4 aliphatic rings. The van der Waals surface area contributed by atoms with Crippen molar-refractivity contribution >= 4 is 35.4 Å². The number of carbonyl (C=O) groups excluding carboxylic acids is 6. The molecule has 412 valence electrons. The van der Waals surface area contributed by atoms with Crippen LogP contribution in [0.15, 0.2) is 141 Å². The van der Waals surface area contributed by atoms with Crippen LogP contribution in [0, 0.1) is 0 Å². The highest BCUT2D eigenvalue weighted by molar-refractivity contribution is 5.98. The summed E-state index contributed by atoms with van der Waals surface area (Å²) in [6.07, 6.45) is 2.60. The average molecular weight is 1080 g/mol. The number of fused-ring (bicyclic) bond motifs is 2. The van der Waals surface area contributed by atoms with Crippen molar-refractivity contribution in [2.24, 2.45) is 14.1 Å². The summed E-state index contributed by atoms with van der Waals surface area (Å²) < 4.78 is 4.00. The zero-order valence-electron chi connectivity index (χ0n) is 43.9. The topological polar surface area (TPSA) is 263 Å². The van der Waals surface area contributed by atoms with Crippen LogP contribution in [-0.4, -0.2) is 115 Å². The first kappa shape index (κ1) is 55.9. The van der Waals surface area contributed by atoms with Gasteiger partial charge in [0.15, 0.2) is 0 Å². The summed E-state index contributed by atoms with van der Waals surface area (Å²) in [5.41, 5.74) is -1.98. The molecule has 6 aromatic rings. The van der Waals surface area contributed by atoms with Crippen molar-refractivity contribution in [3.05, 3.63) is 208 Å². The number of amides is 6. The SMILES string of the molecule is Cn1c(C(=O)N2CCCCN(C(=O)c3cccc(=O)n3OCc3ccccc3)CCCNC(=O)c3ccc(c(=O)n3C)C(=O)N[C@@H]3CCC[C@@H]3NC(=O)c3ccc(n(OCc4ccccc4)c3=O)C(=O)NCCC2)cccc1=O. The molecule has 10 rings (SSSR count). The van der Waals surface area contributed by atoms with Crippen molar-refractivity contribution in [3.63, 3.8) is 0 Å². The fraction of sp³-hybridized carbons (Fsp3) is 0.333. The van der Waals surface area contributed by atoms with Crippen LogP contribution in [0.2, 0.25) is 0 Å². The van der Waals surface area contributed by atoms with E-state index < -0.39 is 69.8 Å². The van der Waals surface area contributed by atoms with E-state index in [2.05, 4.69) is 21.3 Å². The second-order valence-electron chi connectivity index (χ2n) is 19.2. The molecule has 2 aromatic carbocycles. The molecule has 6 amide bonds. The fourth-order valence-electron chi connectivity index (χ4n) is 9.48. The zero-order valence-corrected chi connectivity index (χ0v) is 43.9. The fourth-order valence-corrected chi connectivity index (χ4v) is 9.48. The van der Waals surface area contributed by atoms with Crippen molar-refractivity contribution in [3.8, 4) is 0 Å². The average Bonchev–Trinajstić information content (AvgIpc) is 3.90. The predicted octanol–water partition coefficient (Wildman–Crippen LogP) is 2.06. The molecular weight excluding hydrogens is 1020 g/mol. The molecule has 79 heavy (non-hydrogen) atoms. The van der Waals surface area contributed by atoms with Crippen molar-refractivity contribution < 1.29 is 38.4 Å². The highest BCUT2D eigenvalue weighted by Gasteiger charge is 2.33. The van der Waals surface area contributed by atoms with E-state index in [0.717, 1.165) is 19.6 Å². The Morgan fingerprint density at radius 3 is 1.49 bits per heavy atom. The van der Waals surface area contributed by atoms with Gasteiger partial charge in [-0.2, -0.15) is 0 Å². The van der Waals surface area contributed by atoms with Gasteiger partial charge in [-0.05, 0) is 92.5 Å². The maximum atomic E-state index is 14.5. The molecule has 3 aliphatic heterocycles. The molecule has 22 heteroatoms. The lowest BCUT2D eigenvalue weighted by Gasteiger charge is -2.26. The van der Waals surface area contributed by atoms with Crippen molar-refractivity contribution in [1.29, 1.82) is 0 Å². The third-order valence-electron chi connectivity index (χ3n) is 13.9. The third-order valence-corrected chi connectivity index (χ3v) is 13.9. The van der Waals surface area contributed by atoms with E-state index in [1.807, 2.05) is 30.3 Å². The van der Waals surface area contributed by atoms with E-state index in [-0.39, 0.29) is 99.2 Å². The first-order valence-electron chi connectivity index (χ1n) is 26.2. The molecule has 0 unspecified atom stereocenters. The van der Waals surface area contributed by atoms with Gasteiger partial charge in [0.05, 0.1) is 0 Å². The lowest BCUT2D eigenvalue weighted by molar-refractivity contribution is 0.0576. The third kappa shape index (κ3) is 13.6. The molecule has 4 aromatic heterocycles. The molecule has 0 saturated heterocycles. The van der Waals surface area contributed by atoms with E-state index in [1.165, 1.54) is 84.2 Å². The van der Waals surface area contributed by atoms with E-state index in [0.29, 0.717) is 37.7 Å². The van der Waals surface area contributed by atoms with Crippen molar-refractivity contribution in [2.75, 3.05) is 39.3 Å². The number of aromatic nitrogens is 4. The molecule has 2 atom stereocenters. The largest absolute Gasteiger partial charge is 0.405 e. The minimum atomic E-state index is -0.924. The Labute approximate surface area is 453 Å². The molecule has 4 bridgehead atoms. The molecule has 1 fully saturated rings. The van der Waals surface area contributed by atoms with Gasteiger partial charge in [0.25, 0.3) is 57.7 Å². The standard InChI is InChI=1S/C57H62N10O12/c1-62-46(22-12-24-48(62)68)56(76)64-32-9-10-33-65(57(77)47-23-13-25-49(69)66(47)78-36-38-16-5-3-6-17-38)35-14-30-58-52(72)44-28-26-40(54(74)63(44)2)50(70)60-42-20-11-21-43(42)61-51(71)41-27-29-45(53(73)59-31-15-34-64)67(55(41)75)79-37-39-18-7-4-8-19-39/h3-8,12-13,16-19,22-29,42-43H,9-11,14-15,20-21,30-37H2,1-2H3,(H,58,72)(H,59,73)(H,60,70)(H,61,71)/t42-,43+/m1/s1. The molecule has 4 N–H and O–H groups in total. The Morgan fingerprint density at radius 2 is 0.924 bits per heavy atom. The van der Waals surface area contributed by atoms with E-state index >= 15 is 0 Å². The van der Waals surface area contributed by atoms with Crippen LogP contribution >= 0.6 is 0 Å². The summed E-state index contributed by atoms with van der Waals surface area (Å²) in [5.74, 6) is -3.84. The zero-order chi connectivity index (χ0) is 56.0. The first-order valence-corrected chi connectivity index (χ1v) is 26.2. The minimum absolute atomic E-state index is 0.0102. The number of nitrogens with one attached hydrogen (secondary N) is 4. The monoisotopic (exact) mass is 1080 g/mol. The lowest BCUT2D eigenvalue weighted by Crippen LogP contribution is -2.50. The normalized spacial score (nSPS) is 17.2. The maximum Gasteiger partial charge on any atom is 0.296 e. The van der Waals surface area contributed by atoms with Gasteiger partial charge in [0.2, 0.25) is 0 Å². The van der Waals surface area contributed by atoms with E-state index in [9.17, 15) is 47.9 Å². The van der Waals surface area contributed by atoms with E-state index in [1.54, 1.807) is 35.2 Å². The minimum Gasteiger partial charge on any atom is -0.405 e. The summed E-state index contributed by atoms with van der Waals surface area (Å²) in [4.78, 5) is 153. The number of hydrogen-bond donors (Lipinski definition) is 4. The summed E-state index contributed by atoms with van der Waals surface area (Å²) in [5, 5.41) is 11.3. The number of benzene rings is 2. The van der Waals surface area contributed by atoms with Gasteiger partial charge < -0.3 is 49.9 Å². The van der Waals surface area contributed by atoms with Crippen LogP contribution in [0.1, 0.15) is 119 Å². The van der Waals surface area contributed by atoms with Gasteiger partial charge in [-0.3, -0.25) is 47.9 Å². The second kappa shape index (κ2) is 26.1. The van der Waals surface area contributed by atoms with Crippen LogP contribution in [0.5, 0.6) is 0 Å². The van der Waals surface area contributed by atoms with Crippen LogP contribution in [0.4, 0.5) is 0 Å². The molecule has 1 saturated carbocycles. The van der Waals surface area contributed by atoms with Crippen molar-refractivity contribution in [1.82, 2.24) is 49.7 Å². The number of nitrogens with zero attached hydrogens (tertiary/aromatic N) is 6. The van der Waals surface area contributed by atoms with E-state index in [4.69, 9.17) is 9.68 Å². The quantitative estimate of drug-likeness (QED) is 0.171. The van der Waals surface area contributed by atoms with Gasteiger partial charge in [-0.15, -0.1) is 9.46 Å².